The average molecular weight is 425 g/mol. The third-order valence-electron chi connectivity index (χ3n) is 3.26. The van der Waals surface area contributed by atoms with Crippen molar-refractivity contribution in [3.05, 3.63) is 58.6 Å². The van der Waals surface area contributed by atoms with E-state index < -0.39 is 0 Å². The van der Waals surface area contributed by atoms with Crippen molar-refractivity contribution in [2.75, 3.05) is 10.6 Å². The number of carbonyl (C=O) groups is 1. The fourth-order valence-electron chi connectivity index (χ4n) is 1.99. The molecule has 3 aromatic rings. The molecule has 0 saturated heterocycles. The lowest BCUT2D eigenvalue weighted by Gasteiger charge is -2.11. The van der Waals surface area contributed by atoms with Crippen LogP contribution in [0.4, 0.5) is 16.5 Å². The van der Waals surface area contributed by atoms with Gasteiger partial charge < -0.3 is 10.6 Å². The fraction of sp³-hybridized carbons (Fsp3) is 0.118. The Morgan fingerprint density at radius 2 is 1.92 bits per heavy atom. The van der Waals surface area contributed by atoms with E-state index in [0.29, 0.717) is 25.2 Å². The Hall–Kier alpha value is -1.80. The molecule has 0 aliphatic rings. The van der Waals surface area contributed by atoms with E-state index in [1.165, 1.54) is 23.1 Å². The summed E-state index contributed by atoms with van der Waals surface area (Å²) in [5.41, 5.74) is 1.42. The Morgan fingerprint density at radius 3 is 2.69 bits per heavy atom. The molecule has 3 rings (SSSR count). The minimum absolute atomic E-state index is 0.188. The lowest BCUT2D eigenvalue weighted by Crippen LogP contribution is -2.22. The standard InChI is InChI=1S/C17H14Cl2N4OS2/c1-10(15(24)21-14-9-11(18)7-8-13(14)19)25-17-23-22-16(26-17)20-12-5-3-2-4-6-12/h2-10H,1H3,(H,20,22)(H,21,24). The zero-order valence-electron chi connectivity index (χ0n) is 13.6. The molecule has 9 heteroatoms. The highest BCUT2D eigenvalue weighted by Gasteiger charge is 2.18. The number of carbonyl (C=O) groups excluding carboxylic acids is 1. The van der Waals surface area contributed by atoms with Gasteiger partial charge in [-0.2, -0.15) is 0 Å². The molecule has 26 heavy (non-hydrogen) atoms. The number of anilines is 3. The number of thioether (sulfide) groups is 1. The number of nitrogens with zero attached hydrogens (tertiary/aromatic N) is 2. The van der Waals surface area contributed by atoms with Crippen molar-refractivity contribution in [3.8, 4) is 0 Å². The number of benzene rings is 2. The summed E-state index contributed by atoms with van der Waals surface area (Å²) in [7, 11) is 0. The highest BCUT2D eigenvalue weighted by atomic mass is 35.5. The van der Waals surface area contributed by atoms with Gasteiger partial charge in [-0.1, -0.05) is 64.5 Å². The van der Waals surface area contributed by atoms with Gasteiger partial charge in [-0.25, -0.2) is 0 Å². The molecule has 0 fully saturated rings. The second-order valence-electron chi connectivity index (χ2n) is 5.24. The lowest BCUT2D eigenvalue weighted by molar-refractivity contribution is -0.115. The first-order chi connectivity index (χ1) is 12.5. The fourth-order valence-corrected chi connectivity index (χ4v) is 4.24. The number of aromatic nitrogens is 2. The first-order valence-corrected chi connectivity index (χ1v) is 10.0. The zero-order valence-corrected chi connectivity index (χ0v) is 16.7. The molecule has 1 atom stereocenters. The van der Waals surface area contributed by atoms with Crippen molar-refractivity contribution in [2.24, 2.45) is 0 Å². The molecule has 1 heterocycles. The van der Waals surface area contributed by atoms with Gasteiger partial charge in [0.05, 0.1) is 16.0 Å². The largest absolute Gasteiger partial charge is 0.330 e. The van der Waals surface area contributed by atoms with Crippen molar-refractivity contribution >= 4 is 68.7 Å². The van der Waals surface area contributed by atoms with Crippen LogP contribution in [0, 0.1) is 0 Å². The smallest absolute Gasteiger partial charge is 0.237 e. The van der Waals surface area contributed by atoms with E-state index >= 15 is 0 Å². The van der Waals surface area contributed by atoms with E-state index in [4.69, 9.17) is 23.2 Å². The number of hydrogen-bond acceptors (Lipinski definition) is 6. The van der Waals surface area contributed by atoms with Crippen LogP contribution in [0.25, 0.3) is 0 Å². The van der Waals surface area contributed by atoms with Crippen molar-refractivity contribution < 1.29 is 4.79 Å². The monoisotopic (exact) mass is 424 g/mol. The molecule has 1 unspecified atom stereocenters. The molecule has 1 aromatic heterocycles. The molecule has 134 valence electrons. The minimum Gasteiger partial charge on any atom is -0.330 e. The van der Waals surface area contributed by atoms with Crippen LogP contribution < -0.4 is 10.6 Å². The Balaban J connectivity index is 1.60. The maximum absolute atomic E-state index is 12.4. The lowest BCUT2D eigenvalue weighted by atomic mass is 10.3. The first-order valence-electron chi connectivity index (χ1n) is 7.59. The molecule has 0 bridgehead atoms. The Morgan fingerprint density at radius 1 is 1.15 bits per heavy atom. The molecule has 1 amide bonds. The summed E-state index contributed by atoms with van der Waals surface area (Å²) in [6, 6.07) is 14.6. The number of amides is 1. The van der Waals surface area contributed by atoms with Crippen LogP contribution in [-0.2, 0) is 4.79 Å². The molecule has 2 aromatic carbocycles. The summed E-state index contributed by atoms with van der Waals surface area (Å²) < 4.78 is 0.697. The molecule has 0 aliphatic carbocycles. The SMILES string of the molecule is CC(Sc1nnc(Nc2ccccc2)s1)C(=O)Nc1cc(Cl)ccc1Cl. The van der Waals surface area contributed by atoms with Gasteiger partial charge in [0.15, 0.2) is 4.34 Å². The summed E-state index contributed by atoms with van der Waals surface area (Å²) >= 11 is 14.7. The van der Waals surface area contributed by atoms with E-state index in [1.54, 1.807) is 25.1 Å². The molecular formula is C17H14Cl2N4OS2. The van der Waals surface area contributed by atoms with Gasteiger partial charge in [0.2, 0.25) is 11.0 Å². The third kappa shape index (κ3) is 5.11. The van der Waals surface area contributed by atoms with Gasteiger partial charge in [-0.05, 0) is 37.3 Å². The number of rotatable bonds is 6. The van der Waals surface area contributed by atoms with Crippen molar-refractivity contribution in [2.45, 2.75) is 16.5 Å². The molecule has 0 spiro atoms. The molecule has 0 aliphatic heterocycles. The van der Waals surface area contributed by atoms with Gasteiger partial charge in [-0.15, -0.1) is 10.2 Å². The summed E-state index contributed by atoms with van der Waals surface area (Å²) in [6.45, 7) is 1.80. The molecular weight excluding hydrogens is 411 g/mol. The van der Waals surface area contributed by atoms with E-state index in [-0.39, 0.29) is 11.2 Å². The van der Waals surface area contributed by atoms with Crippen molar-refractivity contribution in [1.82, 2.24) is 10.2 Å². The van der Waals surface area contributed by atoms with E-state index in [0.717, 1.165) is 5.69 Å². The van der Waals surface area contributed by atoms with Crippen LogP contribution in [0.1, 0.15) is 6.92 Å². The zero-order chi connectivity index (χ0) is 18.5. The molecule has 5 nitrogen and oxygen atoms in total. The third-order valence-corrected chi connectivity index (χ3v) is 5.85. The van der Waals surface area contributed by atoms with Crippen molar-refractivity contribution in [1.29, 1.82) is 0 Å². The van der Waals surface area contributed by atoms with Gasteiger partial charge in [0.25, 0.3) is 0 Å². The number of nitrogens with one attached hydrogen (secondary N) is 2. The van der Waals surface area contributed by atoms with Crippen LogP contribution in [0.15, 0.2) is 52.9 Å². The highest BCUT2D eigenvalue weighted by Crippen LogP contribution is 2.32. The number of hydrogen-bond donors (Lipinski definition) is 2. The van der Waals surface area contributed by atoms with Gasteiger partial charge >= 0.3 is 0 Å². The number of halogens is 2. The van der Waals surface area contributed by atoms with Crippen LogP contribution in [0.2, 0.25) is 10.0 Å². The van der Waals surface area contributed by atoms with E-state index in [9.17, 15) is 4.79 Å². The van der Waals surface area contributed by atoms with Crippen LogP contribution >= 0.6 is 46.3 Å². The van der Waals surface area contributed by atoms with E-state index in [1.807, 2.05) is 30.3 Å². The molecule has 0 saturated carbocycles. The molecule has 0 radical (unpaired) electrons. The quantitative estimate of drug-likeness (QED) is 0.496. The predicted molar refractivity (Wildman–Crippen MR) is 110 cm³/mol. The Labute approximate surface area is 169 Å². The maximum atomic E-state index is 12.4. The highest BCUT2D eigenvalue weighted by molar-refractivity contribution is 8.02. The van der Waals surface area contributed by atoms with Crippen LogP contribution in [-0.4, -0.2) is 21.4 Å². The second-order valence-corrected chi connectivity index (χ2v) is 8.65. The summed E-state index contributed by atoms with van der Waals surface area (Å²) in [6.07, 6.45) is 0. The maximum Gasteiger partial charge on any atom is 0.237 e. The van der Waals surface area contributed by atoms with Crippen molar-refractivity contribution in [3.63, 3.8) is 0 Å². The molecule has 2 N–H and O–H groups in total. The summed E-state index contributed by atoms with van der Waals surface area (Å²) in [5, 5.41) is 15.4. The van der Waals surface area contributed by atoms with Crippen LogP contribution in [0.5, 0.6) is 0 Å². The van der Waals surface area contributed by atoms with Crippen LogP contribution in [0.3, 0.4) is 0 Å². The summed E-state index contributed by atoms with van der Waals surface area (Å²) in [5.74, 6) is -0.188. The van der Waals surface area contributed by atoms with Gasteiger partial charge in [0, 0.05) is 10.7 Å². The predicted octanol–water partition coefficient (Wildman–Crippen LogP) is 5.71. The van der Waals surface area contributed by atoms with Gasteiger partial charge in [-0.3, -0.25) is 4.79 Å². The minimum atomic E-state index is -0.373. The van der Waals surface area contributed by atoms with E-state index in [2.05, 4.69) is 20.8 Å². The normalized spacial score (nSPS) is 11.8. The Bertz CT molecular complexity index is 905. The Kier molecular flexibility index (Phi) is 6.37. The second kappa shape index (κ2) is 8.73. The van der Waals surface area contributed by atoms with Gasteiger partial charge in [0.1, 0.15) is 0 Å². The topological polar surface area (TPSA) is 66.9 Å². The number of para-hydroxylation sites is 1. The first kappa shape index (κ1) is 19.0. The average Bonchev–Trinajstić information content (AvgIpc) is 3.05. The summed E-state index contributed by atoms with van der Waals surface area (Å²) in [4.78, 5) is 12.4.